The van der Waals surface area contributed by atoms with Crippen LogP contribution in [0.3, 0.4) is 0 Å². The first-order chi connectivity index (χ1) is 11.5. The average molecular weight is 326 g/mol. The molecular weight excluding hydrogens is 300 g/mol. The van der Waals surface area contributed by atoms with Gasteiger partial charge in [-0.2, -0.15) is 10.1 Å². The highest BCUT2D eigenvalue weighted by molar-refractivity contribution is 5.55. The van der Waals surface area contributed by atoms with E-state index in [1.54, 1.807) is 0 Å². The molecule has 0 saturated heterocycles. The Morgan fingerprint density at radius 2 is 2.04 bits per heavy atom. The normalized spacial score (nSPS) is 13.3. The zero-order valence-corrected chi connectivity index (χ0v) is 15.0. The van der Waals surface area contributed by atoms with Gasteiger partial charge in [-0.3, -0.25) is 5.10 Å². The van der Waals surface area contributed by atoms with Gasteiger partial charge in [0.2, 0.25) is 5.95 Å². The topological polar surface area (TPSA) is 78.5 Å². The number of anilines is 3. The molecule has 128 valence electrons. The van der Waals surface area contributed by atoms with Crippen LogP contribution >= 0.6 is 0 Å². The van der Waals surface area contributed by atoms with Crippen molar-refractivity contribution >= 4 is 17.6 Å². The first-order valence-corrected chi connectivity index (χ1v) is 8.29. The van der Waals surface area contributed by atoms with Crippen molar-refractivity contribution in [3.8, 4) is 0 Å². The van der Waals surface area contributed by atoms with Crippen LogP contribution in [0.4, 0.5) is 17.6 Å². The monoisotopic (exact) mass is 326 g/mol. The third-order valence-corrected chi connectivity index (χ3v) is 3.76. The standard InChI is InChI=1S/C18H26N6/c1-6-9-14(8-3)20-18-19-13(5)10-16(22-18)21-17-11-15(23-24-17)12(4)7-2/h6,8-12H,7H2,1-5H3,(H3,19,20,21,22,23,24)/b9-6-,14-8+. The zero-order valence-electron chi connectivity index (χ0n) is 15.0. The molecule has 0 aliphatic rings. The lowest BCUT2D eigenvalue weighted by Crippen LogP contribution is -2.05. The fraction of sp³-hybridized carbons (Fsp3) is 0.389. The zero-order chi connectivity index (χ0) is 17.5. The van der Waals surface area contributed by atoms with Gasteiger partial charge in [0.15, 0.2) is 5.82 Å². The van der Waals surface area contributed by atoms with Crippen LogP contribution < -0.4 is 10.6 Å². The lowest BCUT2D eigenvalue weighted by Gasteiger charge is -2.09. The minimum Gasteiger partial charge on any atom is -0.324 e. The molecule has 0 saturated carbocycles. The number of allylic oxidation sites excluding steroid dienone is 3. The Morgan fingerprint density at radius 1 is 1.25 bits per heavy atom. The molecule has 0 radical (unpaired) electrons. The number of aromatic amines is 1. The van der Waals surface area contributed by atoms with Gasteiger partial charge in [-0.25, -0.2) is 4.98 Å². The van der Waals surface area contributed by atoms with Gasteiger partial charge in [-0.15, -0.1) is 0 Å². The summed E-state index contributed by atoms with van der Waals surface area (Å²) in [5.74, 6) is 2.48. The molecular formula is C18H26N6. The number of hydrogen-bond acceptors (Lipinski definition) is 5. The Morgan fingerprint density at radius 3 is 2.71 bits per heavy atom. The van der Waals surface area contributed by atoms with Crippen LogP contribution in [-0.2, 0) is 0 Å². The summed E-state index contributed by atoms with van der Waals surface area (Å²) in [6, 6.07) is 3.92. The van der Waals surface area contributed by atoms with Crippen molar-refractivity contribution in [2.45, 2.75) is 47.0 Å². The molecule has 0 spiro atoms. The SMILES string of the molecule is C/C=C\C(=C/C)Nc1nc(C)cc(Nc2cc(C(C)CC)[nH]n2)n1. The van der Waals surface area contributed by atoms with Crippen LogP contribution in [0.2, 0.25) is 0 Å². The quantitative estimate of drug-likeness (QED) is 0.645. The largest absolute Gasteiger partial charge is 0.324 e. The molecule has 0 aromatic carbocycles. The van der Waals surface area contributed by atoms with Crippen LogP contribution in [0.1, 0.15) is 51.4 Å². The minimum absolute atomic E-state index is 0.454. The lowest BCUT2D eigenvalue weighted by atomic mass is 10.1. The van der Waals surface area contributed by atoms with Gasteiger partial charge < -0.3 is 10.6 Å². The summed E-state index contributed by atoms with van der Waals surface area (Å²) in [6.45, 7) is 10.2. The Hall–Kier alpha value is -2.63. The highest BCUT2D eigenvalue weighted by Crippen LogP contribution is 2.21. The van der Waals surface area contributed by atoms with E-state index in [0.29, 0.717) is 17.7 Å². The molecule has 1 atom stereocenters. The maximum Gasteiger partial charge on any atom is 0.229 e. The van der Waals surface area contributed by atoms with Crippen molar-refractivity contribution in [2.75, 3.05) is 10.6 Å². The van der Waals surface area contributed by atoms with Crippen LogP contribution in [0.5, 0.6) is 0 Å². The van der Waals surface area contributed by atoms with Gasteiger partial charge in [0, 0.05) is 29.2 Å². The van der Waals surface area contributed by atoms with Crippen molar-refractivity contribution in [2.24, 2.45) is 0 Å². The summed E-state index contributed by atoms with van der Waals surface area (Å²) < 4.78 is 0. The van der Waals surface area contributed by atoms with Crippen LogP contribution in [0, 0.1) is 6.92 Å². The molecule has 2 rings (SSSR count). The van der Waals surface area contributed by atoms with E-state index in [1.807, 2.05) is 51.1 Å². The van der Waals surface area contributed by atoms with Crippen LogP contribution in [0.25, 0.3) is 0 Å². The molecule has 0 amide bonds. The second-order valence-electron chi connectivity index (χ2n) is 5.73. The fourth-order valence-electron chi connectivity index (χ4n) is 2.21. The number of hydrogen-bond donors (Lipinski definition) is 3. The number of aryl methyl sites for hydroxylation is 1. The summed E-state index contributed by atoms with van der Waals surface area (Å²) in [6.07, 6.45) is 6.99. The van der Waals surface area contributed by atoms with E-state index in [0.717, 1.165) is 29.3 Å². The maximum atomic E-state index is 4.51. The molecule has 0 aliphatic carbocycles. The van der Waals surface area contributed by atoms with E-state index >= 15 is 0 Å². The first kappa shape index (κ1) is 17.7. The molecule has 24 heavy (non-hydrogen) atoms. The van der Waals surface area contributed by atoms with E-state index in [1.165, 1.54) is 0 Å². The van der Waals surface area contributed by atoms with E-state index in [9.17, 15) is 0 Å². The molecule has 6 nitrogen and oxygen atoms in total. The molecule has 0 bridgehead atoms. The number of nitrogens with zero attached hydrogens (tertiary/aromatic N) is 3. The van der Waals surface area contributed by atoms with Crippen molar-refractivity contribution < 1.29 is 0 Å². The average Bonchev–Trinajstić information content (AvgIpc) is 3.01. The van der Waals surface area contributed by atoms with Crippen molar-refractivity contribution in [1.29, 1.82) is 0 Å². The smallest absolute Gasteiger partial charge is 0.229 e. The second-order valence-corrected chi connectivity index (χ2v) is 5.73. The predicted octanol–water partition coefficient (Wildman–Crippen LogP) is 4.66. The van der Waals surface area contributed by atoms with E-state index in [4.69, 9.17) is 0 Å². The van der Waals surface area contributed by atoms with Crippen molar-refractivity contribution in [3.05, 3.63) is 47.4 Å². The fourth-order valence-corrected chi connectivity index (χ4v) is 2.21. The molecule has 6 heteroatoms. The summed E-state index contributed by atoms with van der Waals surface area (Å²) in [7, 11) is 0. The van der Waals surface area contributed by atoms with E-state index < -0.39 is 0 Å². The maximum absolute atomic E-state index is 4.51. The Kier molecular flexibility index (Phi) is 6.12. The van der Waals surface area contributed by atoms with Gasteiger partial charge in [0.05, 0.1) is 0 Å². The van der Waals surface area contributed by atoms with Crippen molar-refractivity contribution in [1.82, 2.24) is 20.2 Å². The first-order valence-electron chi connectivity index (χ1n) is 8.29. The summed E-state index contributed by atoms with van der Waals surface area (Å²) in [4.78, 5) is 8.94. The third kappa shape index (κ3) is 4.68. The number of H-pyrrole nitrogens is 1. The molecule has 2 aromatic heterocycles. The molecule has 2 heterocycles. The van der Waals surface area contributed by atoms with Gasteiger partial charge in [0.1, 0.15) is 5.82 Å². The lowest BCUT2D eigenvalue weighted by molar-refractivity contribution is 0.703. The minimum atomic E-state index is 0.454. The number of aromatic nitrogens is 4. The summed E-state index contributed by atoms with van der Waals surface area (Å²) in [5.41, 5.74) is 2.95. The Balaban J connectivity index is 2.17. The molecule has 2 aromatic rings. The summed E-state index contributed by atoms with van der Waals surface area (Å²) in [5, 5.41) is 13.8. The Labute approximate surface area is 143 Å². The van der Waals surface area contributed by atoms with E-state index in [-0.39, 0.29) is 0 Å². The number of rotatable bonds is 7. The second kappa shape index (κ2) is 8.29. The van der Waals surface area contributed by atoms with Crippen molar-refractivity contribution in [3.63, 3.8) is 0 Å². The predicted molar refractivity (Wildman–Crippen MR) is 99.5 cm³/mol. The van der Waals surface area contributed by atoms with Crippen LogP contribution in [0.15, 0.2) is 36.1 Å². The van der Waals surface area contributed by atoms with Crippen LogP contribution in [-0.4, -0.2) is 20.2 Å². The third-order valence-electron chi connectivity index (χ3n) is 3.76. The Bertz CT molecular complexity index is 729. The number of nitrogens with one attached hydrogen (secondary N) is 3. The van der Waals surface area contributed by atoms with Gasteiger partial charge in [-0.1, -0.05) is 26.0 Å². The highest BCUT2D eigenvalue weighted by atomic mass is 15.2. The summed E-state index contributed by atoms with van der Waals surface area (Å²) >= 11 is 0. The van der Waals surface area contributed by atoms with Gasteiger partial charge >= 0.3 is 0 Å². The molecule has 0 fully saturated rings. The molecule has 0 aliphatic heterocycles. The van der Waals surface area contributed by atoms with Gasteiger partial charge in [-0.05, 0) is 39.2 Å². The molecule has 3 N–H and O–H groups in total. The highest BCUT2D eigenvalue weighted by Gasteiger charge is 2.09. The molecule has 1 unspecified atom stereocenters. The van der Waals surface area contributed by atoms with E-state index in [2.05, 4.69) is 44.6 Å². The van der Waals surface area contributed by atoms with Gasteiger partial charge in [0.25, 0.3) is 0 Å².